The Bertz CT molecular complexity index is 576. The number of nitrogens with zero attached hydrogens (tertiary/aromatic N) is 1. The number of hydrogen-bond donors (Lipinski definition) is 1. The van der Waals surface area contributed by atoms with Gasteiger partial charge in [-0.25, -0.2) is 9.82 Å². The normalized spacial score (nSPS) is 11.4. The molecule has 0 aliphatic heterocycles. The van der Waals surface area contributed by atoms with Crippen molar-refractivity contribution < 1.29 is 9.18 Å². The lowest BCUT2D eigenvalue weighted by Gasteiger charge is -2.02. The van der Waals surface area contributed by atoms with Crippen LogP contribution in [0.4, 0.5) is 4.39 Å². The van der Waals surface area contributed by atoms with Gasteiger partial charge in [0.25, 0.3) is 0 Å². The minimum Gasteiger partial charge on any atom is -0.273 e. The molecule has 1 aromatic heterocycles. The maximum atomic E-state index is 12.7. The number of amides is 1. The number of carbonyl (C=O) groups is 1. The van der Waals surface area contributed by atoms with Crippen LogP contribution in [-0.2, 0) is 11.2 Å². The molecule has 0 aliphatic rings. The molecule has 0 bridgehead atoms. The van der Waals surface area contributed by atoms with Crippen molar-refractivity contribution in [1.29, 1.82) is 0 Å². The summed E-state index contributed by atoms with van der Waals surface area (Å²) in [5.41, 5.74) is 4.01. The van der Waals surface area contributed by atoms with E-state index in [0.717, 1.165) is 16.2 Å². The summed E-state index contributed by atoms with van der Waals surface area (Å²) in [5, 5.41) is 5.99. The van der Waals surface area contributed by atoms with Crippen LogP contribution in [0.3, 0.4) is 0 Å². The van der Waals surface area contributed by atoms with Crippen molar-refractivity contribution in [3.05, 3.63) is 58.0 Å². The predicted molar refractivity (Wildman–Crippen MR) is 74.8 cm³/mol. The summed E-state index contributed by atoms with van der Waals surface area (Å²) in [7, 11) is 0. The van der Waals surface area contributed by atoms with Crippen LogP contribution < -0.4 is 5.43 Å². The Morgan fingerprint density at radius 2 is 2.05 bits per heavy atom. The Kier molecular flexibility index (Phi) is 4.41. The van der Waals surface area contributed by atoms with Gasteiger partial charge in [-0.05, 0) is 36.1 Å². The number of carbonyl (C=O) groups excluding carboxylic acids is 1. The van der Waals surface area contributed by atoms with E-state index in [9.17, 15) is 9.18 Å². The van der Waals surface area contributed by atoms with Gasteiger partial charge in [0.1, 0.15) is 5.82 Å². The molecule has 98 valence electrons. The molecule has 0 fully saturated rings. The topological polar surface area (TPSA) is 41.5 Å². The van der Waals surface area contributed by atoms with Crippen molar-refractivity contribution in [2.24, 2.45) is 5.10 Å². The van der Waals surface area contributed by atoms with Crippen LogP contribution in [0.15, 0.2) is 46.9 Å². The second-order valence-corrected chi connectivity index (χ2v) is 4.96. The third-order valence-corrected chi connectivity index (χ3v) is 3.48. The van der Waals surface area contributed by atoms with Crippen LogP contribution in [-0.4, -0.2) is 11.6 Å². The number of rotatable bonds is 4. The number of benzene rings is 1. The Morgan fingerprint density at radius 3 is 2.68 bits per heavy atom. The summed E-state index contributed by atoms with van der Waals surface area (Å²) in [5.74, 6) is -0.529. The van der Waals surface area contributed by atoms with E-state index >= 15 is 0 Å². The van der Waals surface area contributed by atoms with Crippen molar-refractivity contribution in [2.75, 3.05) is 0 Å². The first-order valence-electron chi connectivity index (χ1n) is 5.76. The molecule has 2 rings (SSSR count). The van der Waals surface area contributed by atoms with Crippen LogP contribution >= 0.6 is 11.3 Å². The van der Waals surface area contributed by atoms with E-state index in [1.54, 1.807) is 23.5 Å². The van der Waals surface area contributed by atoms with Crippen molar-refractivity contribution >= 4 is 23.0 Å². The average Bonchev–Trinajstić information content (AvgIpc) is 2.93. The fourth-order valence-electron chi connectivity index (χ4n) is 1.51. The lowest BCUT2D eigenvalue weighted by molar-refractivity contribution is -0.120. The SMILES string of the molecule is C/C(=N\NC(=O)Cc1ccc(F)cc1)c1cccs1. The second-order valence-electron chi connectivity index (χ2n) is 4.01. The van der Waals surface area contributed by atoms with Crippen LogP contribution in [0.25, 0.3) is 0 Å². The largest absolute Gasteiger partial charge is 0.273 e. The van der Waals surface area contributed by atoms with Gasteiger partial charge in [0.2, 0.25) is 5.91 Å². The third-order valence-electron chi connectivity index (χ3n) is 2.50. The first-order chi connectivity index (χ1) is 9.15. The first kappa shape index (κ1) is 13.4. The van der Waals surface area contributed by atoms with Crippen LogP contribution in [0, 0.1) is 5.82 Å². The Labute approximate surface area is 114 Å². The van der Waals surface area contributed by atoms with Gasteiger partial charge in [-0.3, -0.25) is 4.79 Å². The van der Waals surface area contributed by atoms with Gasteiger partial charge >= 0.3 is 0 Å². The molecule has 2 aromatic rings. The molecule has 19 heavy (non-hydrogen) atoms. The zero-order valence-electron chi connectivity index (χ0n) is 10.4. The van der Waals surface area contributed by atoms with E-state index in [1.165, 1.54) is 12.1 Å². The van der Waals surface area contributed by atoms with Crippen LogP contribution in [0.5, 0.6) is 0 Å². The highest BCUT2D eigenvalue weighted by Crippen LogP contribution is 2.09. The van der Waals surface area contributed by atoms with Gasteiger partial charge in [0, 0.05) is 4.88 Å². The molecule has 0 saturated heterocycles. The van der Waals surface area contributed by atoms with Gasteiger partial charge in [0.15, 0.2) is 0 Å². The molecule has 0 saturated carbocycles. The molecule has 0 aliphatic carbocycles. The smallest absolute Gasteiger partial charge is 0.244 e. The van der Waals surface area contributed by atoms with Crippen molar-refractivity contribution in [3.63, 3.8) is 0 Å². The predicted octanol–water partition coefficient (Wildman–Crippen LogP) is 2.97. The minimum absolute atomic E-state index is 0.182. The summed E-state index contributed by atoms with van der Waals surface area (Å²) in [6, 6.07) is 9.72. The quantitative estimate of drug-likeness (QED) is 0.677. The van der Waals surface area contributed by atoms with Gasteiger partial charge in [0.05, 0.1) is 12.1 Å². The second kappa shape index (κ2) is 6.24. The van der Waals surface area contributed by atoms with E-state index in [2.05, 4.69) is 10.5 Å². The lowest BCUT2D eigenvalue weighted by atomic mass is 10.1. The molecule has 1 heterocycles. The number of hydrazone groups is 1. The maximum Gasteiger partial charge on any atom is 0.244 e. The molecule has 1 aromatic carbocycles. The molecule has 0 atom stereocenters. The van der Waals surface area contributed by atoms with Crippen molar-refractivity contribution in [1.82, 2.24) is 5.43 Å². The fourth-order valence-corrected chi connectivity index (χ4v) is 2.19. The van der Waals surface area contributed by atoms with Crippen molar-refractivity contribution in [3.8, 4) is 0 Å². The van der Waals surface area contributed by atoms with E-state index in [4.69, 9.17) is 0 Å². The Hall–Kier alpha value is -2.01. The molecule has 3 nitrogen and oxygen atoms in total. The summed E-state index contributed by atoms with van der Waals surface area (Å²) in [6.07, 6.45) is 0.182. The number of thiophene rings is 1. The lowest BCUT2D eigenvalue weighted by Crippen LogP contribution is -2.21. The fraction of sp³-hybridized carbons (Fsp3) is 0.143. The molecule has 0 spiro atoms. The minimum atomic E-state index is -0.310. The highest BCUT2D eigenvalue weighted by Gasteiger charge is 2.03. The summed E-state index contributed by atoms with van der Waals surface area (Å²) in [4.78, 5) is 12.7. The van der Waals surface area contributed by atoms with Crippen LogP contribution in [0.1, 0.15) is 17.4 Å². The van der Waals surface area contributed by atoms with Crippen molar-refractivity contribution in [2.45, 2.75) is 13.3 Å². The van der Waals surface area contributed by atoms with E-state index in [0.29, 0.717) is 0 Å². The highest BCUT2D eigenvalue weighted by molar-refractivity contribution is 7.12. The monoisotopic (exact) mass is 276 g/mol. The first-order valence-corrected chi connectivity index (χ1v) is 6.64. The zero-order valence-corrected chi connectivity index (χ0v) is 11.2. The average molecular weight is 276 g/mol. The summed E-state index contributed by atoms with van der Waals surface area (Å²) in [6.45, 7) is 1.84. The standard InChI is InChI=1S/C14H13FN2OS/c1-10(13-3-2-8-19-13)16-17-14(18)9-11-4-6-12(15)7-5-11/h2-8H,9H2,1H3,(H,17,18)/b16-10+. The molecular weight excluding hydrogens is 263 g/mol. The molecule has 1 amide bonds. The molecule has 0 unspecified atom stereocenters. The number of hydrogen-bond acceptors (Lipinski definition) is 3. The highest BCUT2D eigenvalue weighted by atomic mass is 32.1. The molecule has 5 heteroatoms. The van der Waals surface area contributed by atoms with E-state index in [-0.39, 0.29) is 18.1 Å². The zero-order chi connectivity index (χ0) is 13.7. The van der Waals surface area contributed by atoms with Gasteiger partial charge in [-0.2, -0.15) is 5.10 Å². The van der Waals surface area contributed by atoms with Gasteiger partial charge in [-0.1, -0.05) is 18.2 Å². The van der Waals surface area contributed by atoms with Gasteiger partial charge in [-0.15, -0.1) is 11.3 Å². The maximum absolute atomic E-state index is 12.7. The number of nitrogens with one attached hydrogen (secondary N) is 1. The van der Waals surface area contributed by atoms with Gasteiger partial charge < -0.3 is 0 Å². The van der Waals surface area contributed by atoms with Crippen LogP contribution in [0.2, 0.25) is 0 Å². The number of halogens is 1. The summed E-state index contributed by atoms with van der Waals surface area (Å²) >= 11 is 1.56. The Balaban J connectivity index is 1.91. The molecule has 0 radical (unpaired) electrons. The molecule has 1 N–H and O–H groups in total. The molecular formula is C14H13FN2OS. The van der Waals surface area contributed by atoms with E-state index in [1.807, 2.05) is 24.4 Å². The third kappa shape index (κ3) is 3.99. The Morgan fingerprint density at radius 1 is 1.32 bits per heavy atom. The van der Waals surface area contributed by atoms with E-state index < -0.39 is 0 Å². The summed E-state index contributed by atoms with van der Waals surface area (Å²) < 4.78 is 12.7.